The number of carbonyl (C=O) groups excluding carboxylic acids is 2. The van der Waals surface area contributed by atoms with Gasteiger partial charge in [-0.15, -0.1) is 0 Å². The maximum absolute atomic E-state index is 13.0. The summed E-state index contributed by atoms with van der Waals surface area (Å²) in [4.78, 5) is 42.8. The van der Waals surface area contributed by atoms with Gasteiger partial charge in [0.15, 0.2) is 0 Å². The number of nitrogens with two attached hydrogens (primary N) is 2. The highest BCUT2D eigenvalue weighted by Gasteiger charge is 2.37. The molecule has 0 saturated carbocycles. The van der Waals surface area contributed by atoms with E-state index < -0.39 is 12.1 Å². The maximum atomic E-state index is 13.0. The first kappa shape index (κ1) is 31.9. The number of aromatic nitrogens is 2. The average Bonchev–Trinajstić information content (AvgIpc) is 3.89. The van der Waals surface area contributed by atoms with Crippen LogP contribution < -0.4 is 11.5 Å². The van der Waals surface area contributed by atoms with Crippen LogP contribution in [0, 0.1) is 11.8 Å². The van der Waals surface area contributed by atoms with Gasteiger partial charge >= 0.3 is 0 Å². The third-order valence-corrected chi connectivity index (χ3v) is 9.92. The molecule has 0 spiro atoms. The molecular weight excluding hydrogens is 574 g/mol. The van der Waals surface area contributed by atoms with Crippen LogP contribution in [0.3, 0.4) is 0 Å². The highest BCUT2D eigenvalue weighted by atomic mass is 16.2. The summed E-state index contributed by atoms with van der Waals surface area (Å²) in [5, 5.41) is 0. The van der Waals surface area contributed by atoms with Crippen LogP contribution in [0.2, 0.25) is 0 Å². The number of aliphatic imine (C=N–C) groups is 1. The van der Waals surface area contributed by atoms with E-state index in [2.05, 4.69) is 58.5 Å². The molecule has 2 saturated heterocycles. The van der Waals surface area contributed by atoms with Crippen molar-refractivity contribution in [3.63, 3.8) is 0 Å². The Hall–Kier alpha value is -4.08. The summed E-state index contributed by atoms with van der Waals surface area (Å²) >= 11 is 0. The van der Waals surface area contributed by atoms with Crippen LogP contribution >= 0.6 is 0 Å². The lowest BCUT2D eigenvalue weighted by molar-refractivity contribution is -0.135. The quantitative estimate of drug-likeness (QED) is 0.288. The Labute approximate surface area is 272 Å². The summed E-state index contributed by atoms with van der Waals surface area (Å²) in [7, 11) is 0. The number of nitrogens with one attached hydrogen (secondary N) is 1. The lowest BCUT2D eigenvalue weighted by Gasteiger charge is -2.29. The van der Waals surface area contributed by atoms with Crippen molar-refractivity contribution in [2.75, 3.05) is 13.1 Å². The number of nitrogens with zero attached hydrogens (tertiary/aromatic N) is 4. The lowest BCUT2D eigenvalue weighted by Crippen LogP contribution is -2.50. The van der Waals surface area contributed by atoms with E-state index in [4.69, 9.17) is 16.5 Å². The fourth-order valence-corrected chi connectivity index (χ4v) is 6.84. The summed E-state index contributed by atoms with van der Waals surface area (Å²) in [6.45, 7) is 9.42. The van der Waals surface area contributed by atoms with Gasteiger partial charge in [0.05, 0.1) is 36.1 Å². The Morgan fingerprint density at radius 3 is 1.83 bits per heavy atom. The van der Waals surface area contributed by atoms with Crippen molar-refractivity contribution in [3.05, 3.63) is 72.3 Å². The molecule has 0 unspecified atom stereocenters. The van der Waals surface area contributed by atoms with Crippen LogP contribution in [-0.4, -0.2) is 68.5 Å². The molecule has 242 valence electrons. The molecule has 2 amide bonds. The van der Waals surface area contributed by atoms with Crippen LogP contribution in [-0.2, 0) is 9.59 Å². The number of likely N-dealkylation sites (tertiary alicyclic amines) is 2. The van der Waals surface area contributed by atoms with E-state index in [1.54, 1.807) is 0 Å². The van der Waals surface area contributed by atoms with E-state index in [0.29, 0.717) is 6.54 Å². The zero-order valence-corrected chi connectivity index (χ0v) is 27.4. The van der Waals surface area contributed by atoms with E-state index in [-0.39, 0.29) is 35.7 Å². The van der Waals surface area contributed by atoms with Gasteiger partial charge in [0.1, 0.15) is 5.82 Å². The van der Waals surface area contributed by atoms with Crippen molar-refractivity contribution >= 4 is 23.1 Å². The predicted molar refractivity (Wildman–Crippen MR) is 184 cm³/mol. The number of aromatic amines is 1. The summed E-state index contributed by atoms with van der Waals surface area (Å²) in [5.41, 5.74) is 20.0. The zero-order chi connectivity index (χ0) is 32.5. The molecule has 46 heavy (non-hydrogen) atoms. The van der Waals surface area contributed by atoms with Crippen LogP contribution in [0.1, 0.15) is 77.2 Å². The number of carbonyl (C=O) groups is 2. The van der Waals surface area contributed by atoms with Crippen molar-refractivity contribution in [1.29, 1.82) is 0 Å². The van der Waals surface area contributed by atoms with Gasteiger partial charge in [-0.1, -0.05) is 76.2 Å². The molecule has 4 heterocycles. The second kappa shape index (κ2) is 13.3. The van der Waals surface area contributed by atoms with Crippen molar-refractivity contribution in [1.82, 2.24) is 19.8 Å². The van der Waals surface area contributed by atoms with E-state index in [1.807, 2.05) is 49.9 Å². The third-order valence-electron chi connectivity index (χ3n) is 9.92. The molecule has 9 heteroatoms. The van der Waals surface area contributed by atoms with Crippen LogP contribution in [0.15, 0.2) is 65.9 Å². The van der Waals surface area contributed by atoms with Gasteiger partial charge < -0.3 is 26.3 Å². The molecule has 0 bridgehead atoms. The van der Waals surface area contributed by atoms with Crippen LogP contribution in [0.5, 0.6) is 0 Å². The molecule has 9 nitrogen and oxygen atoms in total. The zero-order valence-electron chi connectivity index (χ0n) is 27.4. The Morgan fingerprint density at radius 2 is 1.26 bits per heavy atom. The van der Waals surface area contributed by atoms with E-state index in [9.17, 15) is 9.59 Å². The molecule has 5 N–H and O–H groups in total. The minimum absolute atomic E-state index is 0.00209. The SMILES string of the molecule is CC(C)[C@@H](N)C(=O)N1CCC[C@H]1C1=NC=C(c2ccc(-c3ccc(-c4cnc([C@@H]5CCCN5C(=O)[C@H](N)C(C)C)[nH]4)cc3)cc2)C1. The molecule has 6 rings (SSSR count). The molecule has 2 aromatic carbocycles. The van der Waals surface area contributed by atoms with Gasteiger partial charge in [0.25, 0.3) is 0 Å². The normalized spacial score (nSPS) is 21.2. The van der Waals surface area contributed by atoms with Crippen molar-refractivity contribution in [2.24, 2.45) is 28.3 Å². The van der Waals surface area contributed by atoms with Crippen LogP contribution in [0.4, 0.5) is 0 Å². The summed E-state index contributed by atoms with van der Waals surface area (Å²) in [6, 6.07) is 16.1. The minimum Gasteiger partial charge on any atom is -0.340 e. The first-order valence-corrected chi connectivity index (χ1v) is 16.8. The minimum atomic E-state index is -0.494. The van der Waals surface area contributed by atoms with E-state index in [1.165, 1.54) is 5.57 Å². The first-order valence-electron chi connectivity index (χ1n) is 16.8. The van der Waals surface area contributed by atoms with Crippen molar-refractivity contribution < 1.29 is 9.59 Å². The topological polar surface area (TPSA) is 134 Å². The molecule has 1 aromatic heterocycles. The number of amides is 2. The molecule has 3 aromatic rings. The lowest BCUT2D eigenvalue weighted by atomic mass is 9.96. The number of hydrogen-bond acceptors (Lipinski definition) is 6. The number of benzene rings is 2. The Balaban J connectivity index is 1.08. The van der Waals surface area contributed by atoms with E-state index in [0.717, 1.165) is 78.1 Å². The van der Waals surface area contributed by atoms with Gasteiger partial charge in [-0.3, -0.25) is 14.6 Å². The Kier molecular flexibility index (Phi) is 9.25. The van der Waals surface area contributed by atoms with Gasteiger partial charge in [-0.2, -0.15) is 0 Å². The monoisotopic (exact) mass is 621 g/mol. The van der Waals surface area contributed by atoms with E-state index >= 15 is 0 Å². The molecule has 3 aliphatic heterocycles. The number of rotatable bonds is 9. The number of imidazole rings is 1. The molecular formula is C37H47N7O2. The van der Waals surface area contributed by atoms with Gasteiger partial charge in [0.2, 0.25) is 11.8 Å². The van der Waals surface area contributed by atoms with Gasteiger partial charge in [-0.05, 0) is 65.3 Å². The molecule has 3 aliphatic rings. The number of H-pyrrole nitrogens is 1. The second-order valence-corrected chi connectivity index (χ2v) is 13.7. The highest BCUT2D eigenvalue weighted by Crippen LogP contribution is 2.34. The first-order chi connectivity index (χ1) is 22.1. The summed E-state index contributed by atoms with van der Waals surface area (Å²) in [5.74, 6) is 1.06. The fourth-order valence-electron chi connectivity index (χ4n) is 6.84. The number of allylic oxidation sites excluding steroid dienone is 1. The average molecular weight is 622 g/mol. The maximum Gasteiger partial charge on any atom is 0.240 e. The predicted octanol–water partition coefficient (Wildman–Crippen LogP) is 5.55. The Morgan fingerprint density at radius 1 is 0.761 bits per heavy atom. The van der Waals surface area contributed by atoms with Crippen LogP contribution in [0.25, 0.3) is 28.0 Å². The summed E-state index contributed by atoms with van der Waals surface area (Å²) in [6.07, 6.45) is 8.32. The smallest absolute Gasteiger partial charge is 0.240 e. The molecule has 0 radical (unpaired) electrons. The number of hydrogen-bond donors (Lipinski definition) is 3. The molecule has 4 atom stereocenters. The summed E-state index contributed by atoms with van der Waals surface area (Å²) < 4.78 is 0. The van der Waals surface area contributed by atoms with Gasteiger partial charge in [0, 0.05) is 31.4 Å². The third kappa shape index (κ3) is 6.31. The Bertz CT molecular complexity index is 1620. The van der Waals surface area contributed by atoms with Crippen molar-refractivity contribution in [2.45, 2.75) is 84.0 Å². The molecule has 2 fully saturated rings. The van der Waals surface area contributed by atoms with Crippen molar-refractivity contribution in [3.8, 4) is 22.4 Å². The standard InChI is InChI=1S/C37H47N7O2/c1-22(2)33(38)36(45)43-17-5-7-31(43)29-19-28(20-40-29)26-11-9-24(10-12-26)25-13-15-27(16-14-25)30-21-41-35(42-30)32-8-6-18-44(32)37(46)34(39)23(3)4/h9-16,20-23,31-34H,5-8,17-19,38-39H2,1-4H3,(H,41,42)/t31-,32-,33+,34+/m0/s1. The largest absolute Gasteiger partial charge is 0.340 e. The second-order valence-electron chi connectivity index (χ2n) is 13.7. The van der Waals surface area contributed by atoms with Gasteiger partial charge in [-0.25, -0.2) is 4.98 Å². The molecule has 0 aliphatic carbocycles. The highest BCUT2D eigenvalue weighted by molar-refractivity contribution is 6.03. The fraction of sp³-hybridized carbons (Fsp3) is 0.459.